The van der Waals surface area contributed by atoms with E-state index in [1.807, 2.05) is 13.8 Å². The first-order valence-electron chi connectivity index (χ1n) is 8.70. The molecule has 0 bridgehead atoms. The van der Waals surface area contributed by atoms with Crippen LogP contribution in [-0.4, -0.2) is 66.8 Å². The molecule has 3 aliphatic rings. The molecule has 8 nitrogen and oxygen atoms in total. The van der Waals surface area contributed by atoms with Crippen LogP contribution in [0, 0.1) is 0 Å². The Morgan fingerprint density at radius 3 is 2.72 bits per heavy atom. The predicted molar refractivity (Wildman–Crippen MR) is 91.8 cm³/mol. The maximum atomic E-state index is 12.5. The molecular weight excluding hydrogens is 346 g/mol. The molecule has 2 fully saturated rings. The molecular formula is C16H25N3O5S. The number of ether oxygens (including phenoxy) is 1. The Hall–Kier alpha value is -1.48. The van der Waals surface area contributed by atoms with Gasteiger partial charge in [0.05, 0.1) is 23.1 Å². The van der Waals surface area contributed by atoms with E-state index in [1.54, 1.807) is 0 Å². The fourth-order valence-corrected chi connectivity index (χ4v) is 5.30. The smallest absolute Gasteiger partial charge is 0.267 e. The van der Waals surface area contributed by atoms with Crippen LogP contribution < -0.4 is 5.32 Å². The fraction of sp³-hybridized carbons (Fsp3) is 0.812. The number of nitrogens with one attached hydrogen (secondary N) is 1. The molecule has 0 aromatic heterocycles. The van der Waals surface area contributed by atoms with Crippen LogP contribution in [0.2, 0.25) is 0 Å². The number of sulfone groups is 1. The highest BCUT2D eigenvalue weighted by Gasteiger charge is 2.38. The summed E-state index contributed by atoms with van der Waals surface area (Å²) in [6, 6.07) is -0.445. The Morgan fingerprint density at radius 1 is 1.32 bits per heavy atom. The van der Waals surface area contributed by atoms with Gasteiger partial charge in [-0.15, -0.1) is 0 Å². The van der Waals surface area contributed by atoms with Crippen LogP contribution >= 0.6 is 0 Å². The van der Waals surface area contributed by atoms with Crippen LogP contribution in [0.5, 0.6) is 0 Å². The van der Waals surface area contributed by atoms with Gasteiger partial charge in [0.2, 0.25) is 5.91 Å². The largest absolute Gasteiger partial charge is 0.375 e. The van der Waals surface area contributed by atoms with Gasteiger partial charge < -0.3 is 10.1 Å². The number of nitrogens with zero attached hydrogens (tertiary/aromatic N) is 2. The summed E-state index contributed by atoms with van der Waals surface area (Å²) in [4.78, 5) is 24.6. The first kappa shape index (κ1) is 18.3. The van der Waals surface area contributed by atoms with Gasteiger partial charge in [-0.3, -0.25) is 9.59 Å². The maximum Gasteiger partial charge on any atom is 0.267 e. The molecule has 2 atom stereocenters. The molecule has 2 unspecified atom stereocenters. The fourth-order valence-electron chi connectivity index (χ4n) is 3.61. The predicted octanol–water partition coefficient (Wildman–Crippen LogP) is 0.226. The normalized spacial score (nSPS) is 31.5. The molecule has 3 rings (SSSR count). The van der Waals surface area contributed by atoms with Gasteiger partial charge in [-0.2, -0.15) is 5.10 Å². The minimum atomic E-state index is -3.12. The quantitative estimate of drug-likeness (QED) is 0.764. The van der Waals surface area contributed by atoms with E-state index < -0.39 is 15.9 Å². The number of hydrogen-bond donors (Lipinski definition) is 1. The number of hydrazone groups is 1. The monoisotopic (exact) mass is 371 g/mol. The number of hydrogen-bond acceptors (Lipinski definition) is 6. The summed E-state index contributed by atoms with van der Waals surface area (Å²) in [5.74, 6) is -0.507. The number of rotatable bonds is 3. The zero-order valence-corrected chi connectivity index (χ0v) is 15.5. The van der Waals surface area contributed by atoms with Crippen molar-refractivity contribution in [1.29, 1.82) is 0 Å². The van der Waals surface area contributed by atoms with Crippen LogP contribution in [-0.2, 0) is 24.2 Å². The Morgan fingerprint density at radius 2 is 2.08 bits per heavy atom. The van der Waals surface area contributed by atoms with Gasteiger partial charge in [-0.05, 0) is 33.1 Å². The summed E-state index contributed by atoms with van der Waals surface area (Å²) >= 11 is 0. The second kappa shape index (κ2) is 6.68. The van der Waals surface area contributed by atoms with Crippen LogP contribution in [0.3, 0.4) is 0 Å². The molecule has 2 saturated heterocycles. The summed E-state index contributed by atoms with van der Waals surface area (Å²) in [6.07, 6.45) is 2.30. The summed E-state index contributed by atoms with van der Waals surface area (Å²) in [7, 11) is -3.12. The molecule has 2 amide bonds. The highest BCUT2D eigenvalue weighted by molar-refractivity contribution is 7.91. The lowest BCUT2D eigenvalue weighted by molar-refractivity contribution is -0.133. The van der Waals surface area contributed by atoms with Crippen molar-refractivity contribution in [2.45, 2.75) is 63.6 Å². The first-order valence-corrected chi connectivity index (χ1v) is 10.5. The summed E-state index contributed by atoms with van der Waals surface area (Å²) in [6.45, 7) is 4.57. The summed E-state index contributed by atoms with van der Waals surface area (Å²) in [5.41, 5.74) is 0.0262. The third-order valence-corrected chi connectivity index (χ3v) is 6.66. The van der Waals surface area contributed by atoms with Crippen molar-refractivity contribution < 1.29 is 22.7 Å². The van der Waals surface area contributed by atoms with E-state index >= 15 is 0 Å². The number of carbonyl (C=O) groups is 2. The van der Waals surface area contributed by atoms with E-state index in [9.17, 15) is 18.0 Å². The van der Waals surface area contributed by atoms with Gasteiger partial charge in [0.1, 0.15) is 5.71 Å². The Bertz CT molecular complexity index is 701. The summed E-state index contributed by atoms with van der Waals surface area (Å²) in [5, 5.41) is 8.40. The van der Waals surface area contributed by atoms with Crippen molar-refractivity contribution in [3.05, 3.63) is 0 Å². The number of carbonyl (C=O) groups excluding carboxylic acids is 2. The van der Waals surface area contributed by atoms with Crippen LogP contribution in [0.4, 0.5) is 0 Å². The molecule has 0 spiro atoms. The number of amides is 2. The van der Waals surface area contributed by atoms with E-state index in [1.165, 1.54) is 5.01 Å². The Kier molecular flexibility index (Phi) is 4.89. The second-order valence-electron chi connectivity index (χ2n) is 7.61. The van der Waals surface area contributed by atoms with Gasteiger partial charge >= 0.3 is 0 Å². The Balaban J connectivity index is 1.67. The molecule has 25 heavy (non-hydrogen) atoms. The van der Waals surface area contributed by atoms with Crippen LogP contribution in [0.1, 0.15) is 46.0 Å². The average molecular weight is 371 g/mol. The van der Waals surface area contributed by atoms with Crippen molar-refractivity contribution in [3.8, 4) is 0 Å². The molecule has 3 aliphatic heterocycles. The van der Waals surface area contributed by atoms with Crippen molar-refractivity contribution in [2.24, 2.45) is 5.10 Å². The molecule has 0 saturated carbocycles. The molecule has 0 radical (unpaired) electrons. The zero-order valence-electron chi connectivity index (χ0n) is 14.7. The molecule has 9 heteroatoms. The van der Waals surface area contributed by atoms with Gasteiger partial charge in [0.25, 0.3) is 5.91 Å². The zero-order chi connectivity index (χ0) is 18.2. The van der Waals surface area contributed by atoms with E-state index in [-0.39, 0.29) is 47.8 Å². The van der Waals surface area contributed by atoms with Crippen molar-refractivity contribution >= 4 is 27.4 Å². The lowest BCUT2D eigenvalue weighted by Gasteiger charge is -2.36. The van der Waals surface area contributed by atoms with Gasteiger partial charge in [-0.1, -0.05) is 0 Å². The van der Waals surface area contributed by atoms with E-state index in [2.05, 4.69) is 10.4 Å². The van der Waals surface area contributed by atoms with E-state index in [4.69, 9.17) is 4.74 Å². The van der Waals surface area contributed by atoms with Gasteiger partial charge in [0.15, 0.2) is 9.84 Å². The topological polar surface area (TPSA) is 105 Å². The van der Waals surface area contributed by atoms with Crippen molar-refractivity contribution in [2.75, 3.05) is 18.1 Å². The third kappa shape index (κ3) is 4.38. The Labute approximate surface area is 147 Å². The molecule has 0 aliphatic carbocycles. The van der Waals surface area contributed by atoms with E-state index in [0.29, 0.717) is 18.7 Å². The van der Waals surface area contributed by atoms with Crippen LogP contribution in [0.25, 0.3) is 0 Å². The molecule has 0 aromatic rings. The van der Waals surface area contributed by atoms with E-state index in [0.717, 1.165) is 12.8 Å². The minimum Gasteiger partial charge on any atom is -0.375 e. The SMILES string of the molecule is CC1(C)CC(NC(=O)C2=NN(C3CCS(=O)(=O)C3)C(=O)CC2)CCO1. The highest BCUT2D eigenvalue weighted by Crippen LogP contribution is 2.25. The molecule has 140 valence electrons. The van der Waals surface area contributed by atoms with Crippen LogP contribution in [0.15, 0.2) is 5.10 Å². The van der Waals surface area contributed by atoms with Crippen molar-refractivity contribution in [3.63, 3.8) is 0 Å². The molecule has 1 N–H and O–H groups in total. The third-order valence-electron chi connectivity index (χ3n) is 4.91. The van der Waals surface area contributed by atoms with Gasteiger partial charge in [-0.25, -0.2) is 13.4 Å². The maximum absolute atomic E-state index is 12.5. The van der Waals surface area contributed by atoms with Crippen molar-refractivity contribution in [1.82, 2.24) is 10.3 Å². The second-order valence-corrected chi connectivity index (χ2v) is 9.84. The standard InChI is InChI=1S/C16H25N3O5S/c1-16(2)9-11(5-7-24-16)17-15(21)13-3-4-14(20)19(18-13)12-6-8-25(22,23)10-12/h11-12H,3-10H2,1-2H3,(H,17,21). The lowest BCUT2D eigenvalue weighted by Crippen LogP contribution is -2.49. The highest BCUT2D eigenvalue weighted by atomic mass is 32.2. The molecule has 0 aromatic carbocycles. The first-order chi connectivity index (χ1) is 11.7. The summed E-state index contributed by atoms with van der Waals surface area (Å²) < 4.78 is 29.0. The average Bonchev–Trinajstić information content (AvgIpc) is 2.86. The minimum absolute atomic E-state index is 0.0110. The lowest BCUT2D eigenvalue weighted by atomic mass is 9.93. The molecule has 3 heterocycles. The van der Waals surface area contributed by atoms with Gasteiger partial charge in [0, 0.05) is 25.5 Å².